The Morgan fingerprint density at radius 1 is 1.59 bits per heavy atom. The summed E-state index contributed by atoms with van der Waals surface area (Å²) in [5, 5.41) is 11.1. The average Bonchev–Trinajstić information content (AvgIpc) is 2.28. The normalized spacial score (nSPS) is 10.0. The zero-order chi connectivity index (χ0) is 12.7. The molecule has 4 nitrogen and oxygen atoms in total. The minimum Gasteiger partial charge on any atom is -0.325 e. The number of nitrogens with one attached hydrogen (secondary N) is 1. The van der Waals surface area contributed by atoms with E-state index >= 15 is 0 Å². The summed E-state index contributed by atoms with van der Waals surface area (Å²) in [4.78, 5) is 13.3. The molecule has 1 amide bonds. The van der Waals surface area contributed by atoms with Crippen molar-refractivity contribution < 1.29 is 9.18 Å². The number of halogens is 1. The van der Waals surface area contributed by atoms with Gasteiger partial charge in [-0.3, -0.25) is 9.69 Å². The molecule has 0 heterocycles. The van der Waals surface area contributed by atoms with Crippen LogP contribution in [-0.2, 0) is 4.79 Å². The van der Waals surface area contributed by atoms with Crippen molar-refractivity contribution >= 4 is 11.6 Å². The fraction of sp³-hybridized carbons (Fsp3) is 0.333. The van der Waals surface area contributed by atoms with Crippen LogP contribution in [0.5, 0.6) is 0 Å². The van der Waals surface area contributed by atoms with Crippen molar-refractivity contribution in [3.8, 4) is 6.07 Å². The van der Waals surface area contributed by atoms with Gasteiger partial charge in [0.1, 0.15) is 5.82 Å². The Bertz CT molecular complexity index is 428. The van der Waals surface area contributed by atoms with Crippen LogP contribution in [0, 0.1) is 17.1 Å². The van der Waals surface area contributed by atoms with Crippen LogP contribution in [0.3, 0.4) is 0 Å². The number of amides is 1. The summed E-state index contributed by atoms with van der Waals surface area (Å²) in [7, 11) is 0. The first-order chi connectivity index (χ1) is 8.15. The van der Waals surface area contributed by atoms with Gasteiger partial charge in [0.25, 0.3) is 0 Å². The summed E-state index contributed by atoms with van der Waals surface area (Å²) in [5.74, 6) is -0.653. The van der Waals surface area contributed by atoms with Crippen molar-refractivity contribution in [2.24, 2.45) is 0 Å². The van der Waals surface area contributed by atoms with Crippen LogP contribution in [0.15, 0.2) is 24.3 Å². The Hall–Kier alpha value is -1.93. The second kappa shape index (κ2) is 6.61. The third-order valence-electron chi connectivity index (χ3n) is 2.22. The highest BCUT2D eigenvalue weighted by Crippen LogP contribution is 2.08. The molecule has 1 aromatic rings. The van der Waals surface area contributed by atoms with E-state index in [1.165, 1.54) is 18.2 Å². The maximum atomic E-state index is 12.9. The second-order valence-electron chi connectivity index (χ2n) is 3.52. The fourth-order valence-corrected chi connectivity index (χ4v) is 1.35. The number of nitrogens with zero attached hydrogens (tertiary/aromatic N) is 2. The summed E-state index contributed by atoms with van der Waals surface area (Å²) in [6, 6.07) is 7.68. The predicted octanol–water partition coefficient (Wildman–Crippen LogP) is 1.61. The minimum atomic E-state index is -0.396. The van der Waals surface area contributed by atoms with Crippen LogP contribution in [0.1, 0.15) is 6.92 Å². The van der Waals surface area contributed by atoms with E-state index in [4.69, 9.17) is 5.26 Å². The van der Waals surface area contributed by atoms with Gasteiger partial charge in [-0.25, -0.2) is 4.39 Å². The molecule has 90 valence electrons. The van der Waals surface area contributed by atoms with Gasteiger partial charge in [0.05, 0.1) is 19.2 Å². The van der Waals surface area contributed by atoms with Crippen molar-refractivity contribution in [1.29, 1.82) is 5.26 Å². The molecule has 1 N–H and O–H groups in total. The molecule has 0 aliphatic heterocycles. The van der Waals surface area contributed by atoms with E-state index in [9.17, 15) is 9.18 Å². The van der Waals surface area contributed by atoms with Crippen LogP contribution >= 0.6 is 0 Å². The number of hydrogen-bond acceptors (Lipinski definition) is 3. The van der Waals surface area contributed by atoms with E-state index in [1.807, 2.05) is 13.0 Å². The van der Waals surface area contributed by atoms with Crippen LogP contribution in [0.2, 0.25) is 0 Å². The molecule has 0 unspecified atom stereocenters. The quantitative estimate of drug-likeness (QED) is 0.789. The smallest absolute Gasteiger partial charge is 0.238 e. The lowest BCUT2D eigenvalue weighted by Crippen LogP contribution is -2.33. The first-order valence-electron chi connectivity index (χ1n) is 5.30. The van der Waals surface area contributed by atoms with Crippen LogP contribution < -0.4 is 5.32 Å². The van der Waals surface area contributed by atoms with Gasteiger partial charge in [0.15, 0.2) is 0 Å². The van der Waals surface area contributed by atoms with Crippen LogP contribution in [-0.4, -0.2) is 30.4 Å². The molecule has 0 atom stereocenters. The maximum absolute atomic E-state index is 12.9. The van der Waals surface area contributed by atoms with E-state index in [0.717, 1.165) is 0 Å². The Morgan fingerprint density at radius 2 is 2.35 bits per heavy atom. The lowest BCUT2D eigenvalue weighted by molar-refractivity contribution is -0.117. The molecule has 0 radical (unpaired) electrons. The zero-order valence-corrected chi connectivity index (χ0v) is 9.61. The molecule has 1 rings (SSSR count). The number of benzene rings is 1. The molecule has 0 aliphatic rings. The number of carbonyl (C=O) groups is 1. The fourth-order valence-electron chi connectivity index (χ4n) is 1.35. The molecule has 0 saturated carbocycles. The summed E-state index contributed by atoms with van der Waals surface area (Å²) >= 11 is 0. The second-order valence-corrected chi connectivity index (χ2v) is 3.52. The Morgan fingerprint density at radius 3 is 2.94 bits per heavy atom. The largest absolute Gasteiger partial charge is 0.325 e. The molecule has 5 heteroatoms. The van der Waals surface area contributed by atoms with Gasteiger partial charge in [-0.05, 0) is 24.7 Å². The minimum absolute atomic E-state index is 0.126. The van der Waals surface area contributed by atoms with Crippen molar-refractivity contribution in [1.82, 2.24) is 4.90 Å². The third kappa shape index (κ3) is 4.62. The molecule has 17 heavy (non-hydrogen) atoms. The molecule has 1 aromatic carbocycles. The predicted molar refractivity (Wildman–Crippen MR) is 62.8 cm³/mol. The van der Waals surface area contributed by atoms with Gasteiger partial charge in [-0.15, -0.1) is 0 Å². The van der Waals surface area contributed by atoms with Gasteiger partial charge in [0, 0.05) is 5.69 Å². The number of anilines is 1. The first-order valence-corrected chi connectivity index (χ1v) is 5.30. The highest BCUT2D eigenvalue weighted by atomic mass is 19.1. The van der Waals surface area contributed by atoms with Crippen LogP contribution in [0.4, 0.5) is 10.1 Å². The Kier molecular flexibility index (Phi) is 5.11. The lowest BCUT2D eigenvalue weighted by atomic mass is 10.3. The molecule has 0 fully saturated rings. The highest BCUT2D eigenvalue weighted by molar-refractivity contribution is 5.92. The zero-order valence-electron chi connectivity index (χ0n) is 9.61. The maximum Gasteiger partial charge on any atom is 0.238 e. The molecule has 0 spiro atoms. The van der Waals surface area contributed by atoms with E-state index < -0.39 is 5.82 Å². The molecule has 0 aliphatic carbocycles. The molecule has 0 saturated heterocycles. The molecular formula is C12H14FN3O. The Balaban J connectivity index is 2.52. The first kappa shape index (κ1) is 13.1. The molecule has 0 bridgehead atoms. The number of hydrogen-bond donors (Lipinski definition) is 1. The van der Waals surface area contributed by atoms with E-state index in [-0.39, 0.29) is 19.0 Å². The van der Waals surface area contributed by atoms with Crippen molar-refractivity contribution in [3.05, 3.63) is 30.1 Å². The number of nitriles is 1. The van der Waals surface area contributed by atoms with Gasteiger partial charge in [-0.2, -0.15) is 5.26 Å². The van der Waals surface area contributed by atoms with Crippen molar-refractivity contribution in [3.63, 3.8) is 0 Å². The monoisotopic (exact) mass is 235 g/mol. The Labute approximate surface area is 99.7 Å². The molecular weight excluding hydrogens is 221 g/mol. The van der Waals surface area contributed by atoms with E-state index in [1.54, 1.807) is 11.0 Å². The third-order valence-corrected chi connectivity index (χ3v) is 2.22. The number of carbonyl (C=O) groups excluding carboxylic acids is 1. The van der Waals surface area contributed by atoms with Gasteiger partial charge in [0.2, 0.25) is 5.91 Å². The SMILES string of the molecule is CCN(CC#N)CC(=O)Nc1cccc(F)c1. The highest BCUT2D eigenvalue weighted by Gasteiger charge is 2.08. The topological polar surface area (TPSA) is 56.1 Å². The van der Waals surface area contributed by atoms with Gasteiger partial charge in [-0.1, -0.05) is 13.0 Å². The summed E-state index contributed by atoms with van der Waals surface area (Å²) in [5.41, 5.74) is 0.419. The average molecular weight is 235 g/mol. The number of likely N-dealkylation sites (N-methyl/N-ethyl adjacent to an activating group) is 1. The summed E-state index contributed by atoms with van der Waals surface area (Å²) in [6.45, 7) is 2.81. The summed E-state index contributed by atoms with van der Waals surface area (Å²) in [6.07, 6.45) is 0. The van der Waals surface area contributed by atoms with Crippen molar-refractivity contribution in [2.45, 2.75) is 6.92 Å². The van der Waals surface area contributed by atoms with Crippen molar-refractivity contribution in [2.75, 3.05) is 25.0 Å². The lowest BCUT2D eigenvalue weighted by Gasteiger charge is -2.15. The van der Waals surface area contributed by atoms with E-state index in [0.29, 0.717) is 12.2 Å². The summed E-state index contributed by atoms with van der Waals surface area (Å²) < 4.78 is 12.9. The van der Waals surface area contributed by atoms with Gasteiger partial charge >= 0.3 is 0 Å². The number of rotatable bonds is 5. The van der Waals surface area contributed by atoms with E-state index in [2.05, 4.69) is 5.32 Å². The standard InChI is InChI=1S/C12H14FN3O/c1-2-16(7-6-14)9-12(17)15-11-5-3-4-10(13)8-11/h3-5,8H,2,7,9H2,1H3,(H,15,17). The van der Waals surface area contributed by atoms with Crippen LogP contribution in [0.25, 0.3) is 0 Å². The van der Waals surface area contributed by atoms with Gasteiger partial charge < -0.3 is 5.32 Å². The molecule has 0 aromatic heterocycles.